The summed E-state index contributed by atoms with van der Waals surface area (Å²) in [4.78, 5) is 0. The molecule has 1 atom stereocenters. The van der Waals surface area contributed by atoms with E-state index in [-0.39, 0.29) is 5.38 Å². The molecule has 2 aromatic rings. The Kier molecular flexibility index (Phi) is 3.76. The summed E-state index contributed by atoms with van der Waals surface area (Å²) in [6, 6.07) is 14.0. The molecular weight excluding hydrogens is 251 g/mol. The van der Waals surface area contributed by atoms with Gasteiger partial charge in [-0.3, -0.25) is 0 Å². The lowest BCUT2D eigenvalue weighted by Gasteiger charge is -2.15. The molecule has 0 aromatic heterocycles. The van der Waals surface area contributed by atoms with Crippen molar-refractivity contribution < 1.29 is 0 Å². The highest BCUT2D eigenvalue weighted by Crippen LogP contribution is 2.35. The fourth-order valence-electron chi connectivity index (χ4n) is 1.88. The van der Waals surface area contributed by atoms with Gasteiger partial charge in [0.2, 0.25) is 0 Å². The van der Waals surface area contributed by atoms with Crippen molar-refractivity contribution >= 4 is 23.2 Å². The summed E-state index contributed by atoms with van der Waals surface area (Å²) in [6.07, 6.45) is 0. The smallest absolute Gasteiger partial charge is 0.0852 e. The van der Waals surface area contributed by atoms with Crippen molar-refractivity contribution in [3.63, 3.8) is 0 Å². The molecule has 88 valence electrons. The number of rotatable bonds is 2. The zero-order valence-electron chi connectivity index (χ0n) is 9.87. The van der Waals surface area contributed by atoms with Crippen LogP contribution in [0.3, 0.4) is 0 Å². The fraction of sp³-hybridized carbons (Fsp3) is 0.200. The standard InChI is InChI=1S/C15H14Cl2/c1-10-7-8-11(2)13(9-10)15(17)12-5-3-4-6-14(12)16/h3-9,15H,1-2H3. The first-order valence-corrected chi connectivity index (χ1v) is 6.36. The minimum Gasteiger partial charge on any atom is -0.113 e. The zero-order valence-corrected chi connectivity index (χ0v) is 11.4. The van der Waals surface area contributed by atoms with Gasteiger partial charge in [-0.15, -0.1) is 11.6 Å². The van der Waals surface area contributed by atoms with Crippen molar-refractivity contribution in [3.8, 4) is 0 Å². The van der Waals surface area contributed by atoms with Crippen molar-refractivity contribution in [1.82, 2.24) is 0 Å². The molecule has 0 nitrogen and oxygen atoms in total. The lowest BCUT2D eigenvalue weighted by atomic mass is 9.98. The molecule has 0 saturated heterocycles. The van der Waals surface area contributed by atoms with Crippen molar-refractivity contribution in [1.29, 1.82) is 0 Å². The topological polar surface area (TPSA) is 0 Å². The molecule has 0 aliphatic rings. The van der Waals surface area contributed by atoms with Gasteiger partial charge < -0.3 is 0 Å². The Labute approximate surface area is 112 Å². The van der Waals surface area contributed by atoms with Gasteiger partial charge in [0.15, 0.2) is 0 Å². The van der Waals surface area contributed by atoms with Crippen molar-refractivity contribution in [2.75, 3.05) is 0 Å². The zero-order chi connectivity index (χ0) is 12.4. The van der Waals surface area contributed by atoms with Crippen molar-refractivity contribution in [3.05, 3.63) is 69.7 Å². The molecule has 17 heavy (non-hydrogen) atoms. The molecule has 0 N–H and O–H groups in total. The van der Waals surface area contributed by atoms with E-state index in [1.807, 2.05) is 24.3 Å². The SMILES string of the molecule is Cc1ccc(C)c(C(Cl)c2ccccc2Cl)c1. The van der Waals surface area contributed by atoms with Crippen LogP contribution in [-0.2, 0) is 0 Å². The van der Waals surface area contributed by atoms with Gasteiger partial charge in [-0.25, -0.2) is 0 Å². The molecule has 0 radical (unpaired) electrons. The second kappa shape index (κ2) is 5.12. The molecule has 0 fully saturated rings. The van der Waals surface area contributed by atoms with Crippen LogP contribution in [0.2, 0.25) is 5.02 Å². The van der Waals surface area contributed by atoms with E-state index in [0.717, 1.165) is 11.1 Å². The van der Waals surface area contributed by atoms with E-state index >= 15 is 0 Å². The maximum Gasteiger partial charge on any atom is 0.0852 e. The van der Waals surface area contributed by atoms with Crippen molar-refractivity contribution in [2.45, 2.75) is 19.2 Å². The average molecular weight is 265 g/mol. The summed E-state index contributed by atoms with van der Waals surface area (Å²) in [7, 11) is 0. The van der Waals surface area contributed by atoms with Crippen molar-refractivity contribution in [2.24, 2.45) is 0 Å². The number of halogens is 2. The van der Waals surface area contributed by atoms with Gasteiger partial charge >= 0.3 is 0 Å². The third kappa shape index (κ3) is 2.65. The predicted molar refractivity (Wildman–Crippen MR) is 75.1 cm³/mol. The largest absolute Gasteiger partial charge is 0.113 e. The quantitative estimate of drug-likeness (QED) is 0.647. The van der Waals surface area contributed by atoms with Gasteiger partial charge in [0, 0.05) is 5.02 Å². The first-order chi connectivity index (χ1) is 8.09. The minimum absolute atomic E-state index is 0.191. The molecule has 0 amide bonds. The normalized spacial score (nSPS) is 12.5. The summed E-state index contributed by atoms with van der Waals surface area (Å²) in [5.74, 6) is 0. The number of alkyl halides is 1. The first kappa shape index (κ1) is 12.5. The van der Waals surface area contributed by atoms with Crippen LogP contribution in [0, 0.1) is 13.8 Å². The molecule has 2 heteroatoms. The maximum atomic E-state index is 6.53. The van der Waals surface area contributed by atoms with Gasteiger partial charge in [-0.05, 0) is 36.6 Å². The molecular formula is C15H14Cl2. The molecule has 0 spiro atoms. The van der Waals surface area contributed by atoms with Crippen LogP contribution >= 0.6 is 23.2 Å². The van der Waals surface area contributed by atoms with E-state index in [1.54, 1.807) is 0 Å². The predicted octanol–water partition coefficient (Wildman–Crippen LogP) is 5.29. The summed E-state index contributed by atoms with van der Waals surface area (Å²) in [5.41, 5.74) is 4.49. The van der Waals surface area contributed by atoms with E-state index in [4.69, 9.17) is 23.2 Å². The third-order valence-electron chi connectivity index (χ3n) is 2.89. The molecule has 1 unspecified atom stereocenters. The summed E-state index contributed by atoms with van der Waals surface area (Å²) >= 11 is 12.7. The Bertz CT molecular complexity index is 532. The fourth-order valence-corrected chi connectivity index (χ4v) is 2.61. The summed E-state index contributed by atoms with van der Waals surface area (Å²) in [5, 5.41) is 0.525. The van der Waals surface area contributed by atoms with Crippen LogP contribution in [0.15, 0.2) is 42.5 Å². The highest BCUT2D eigenvalue weighted by Gasteiger charge is 2.15. The number of benzene rings is 2. The molecule has 0 aliphatic heterocycles. The number of hydrogen-bond acceptors (Lipinski definition) is 0. The third-order valence-corrected chi connectivity index (χ3v) is 3.70. The Morgan fingerprint density at radius 1 is 0.941 bits per heavy atom. The van der Waals surface area contributed by atoms with Crippen LogP contribution in [0.1, 0.15) is 27.6 Å². The van der Waals surface area contributed by atoms with E-state index in [0.29, 0.717) is 5.02 Å². The highest BCUT2D eigenvalue weighted by molar-refractivity contribution is 6.33. The Morgan fingerprint density at radius 2 is 1.65 bits per heavy atom. The Hall–Kier alpha value is -0.980. The molecule has 0 saturated carbocycles. The Balaban J connectivity index is 2.47. The van der Waals surface area contributed by atoms with Crippen LogP contribution in [0.25, 0.3) is 0 Å². The van der Waals surface area contributed by atoms with E-state index in [2.05, 4.69) is 32.0 Å². The molecule has 0 aliphatic carbocycles. The van der Waals surface area contributed by atoms with Gasteiger partial charge in [0.25, 0.3) is 0 Å². The maximum absolute atomic E-state index is 6.53. The van der Waals surface area contributed by atoms with E-state index in [1.165, 1.54) is 11.1 Å². The number of aryl methyl sites for hydroxylation is 2. The van der Waals surface area contributed by atoms with Gasteiger partial charge in [-0.1, -0.05) is 53.6 Å². The molecule has 0 heterocycles. The molecule has 0 bridgehead atoms. The second-order valence-electron chi connectivity index (χ2n) is 4.24. The van der Waals surface area contributed by atoms with Gasteiger partial charge in [0.1, 0.15) is 0 Å². The van der Waals surface area contributed by atoms with Crippen LogP contribution < -0.4 is 0 Å². The van der Waals surface area contributed by atoms with Crippen LogP contribution in [0.4, 0.5) is 0 Å². The summed E-state index contributed by atoms with van der Waals surface area (Å²) in [6.45, 7) is 4.14. The number of hydrogen-bond donors (Lipinski definition) is 0. The lowest BCUT2D eigenvalue weighted by Crippen LogP contribution is -1.97. The highest BCUT2D eigenvalue weighted by atomic mass is 35.5. The van der Waals surface area contributed by atoms with E-state index < -0.39 is 0 Å². The van der Waals surface area contributed by atoms with Crippen LogP contribution in [0.5, 0.6) is 0 Å². The lowest BCUT2D eigenvalue weighted by molar-refractivity contribution is 1.10. The van der Waals surface area contributed by atoms with Gasteiger partial charge in [0.05, 0.1) is 5.38 Å². The van der Waals surface area contributed by atoms with Gasteiger partial charge in [-0.2, -0.15) is 0 Å². The molecule has 2 aromatic carbocycles. The average Bonchev–Trinajstić information content (AvgIpc) is 2.32. The monoisotopic (exact) mass is 264 g/mol. The Morgan fingerprint density at radius 3 is 2.35 bits per heavy atom. The first-order valence-electron chi connectivity index (χ1n) is 5.55. The van der Waals surface area contributed by atoms with Crippen LogP contribution in [-0.4, -0.2) is 0 Å². The summed E-state index contributed by atoms with van der Waals surface area (Å²) < 4.78 is 0. The second-order valence-corrected chi connectivity index (χ2v) is 5.09. The minimum atomic E-state index is -0.191. The molecule has 2 rings (SSSR count). The van der Waals surface area contributed by atoms with E-state index in [9.17, 15) is 0 Å².